The van der Waals surface area contributed by atoms with Gasteiger partial charge in [-0.2, -0.15) is 0 Å². The van der Waals surface area contributed by atoms with E-state index in [-0.39, 0.29) is 53.8 Å². The van der Waals surface area contributed by atoms with Gasteiger partial charge in [0, 0.05) is 86.3 Å². The van der Waals surface area contributed by atoms with Crippen molar-refractivity contribution in [3.05, 3.63) is 0 Å². The van der Waals surface area contributed by atoms with Gasteiger partial charge >= 0.3 is 17.9 Å². The van der Waals surface area contributed by atoms with Gasteiger partial charge in [-0.25, -0.2) is 0 Å². The summed E-state index contributed by atoms with van der Waals surface area (Å²) >= 11 is 1.96. The number of nitrogens with two attached hydrogens (primary N) is 2. The van der Waals surface area contributed by atoms with Gasteiger partial charge in [0.25, 0.3) is 0 Å². The van der Waals surface area contributed by atoms with Crippen molar-refractivity contribution < 1.29 is 58.9 Å². The molecule has 0 radical (unpaired) electrons. The van der Waals surface area contributed by atoms with Crippen LogP contribution in [0.4, 0.5) is 0 Å². The third-order valence-electron chi connectivity index (χ3n) is 11.3. The Labute approximate surface area is 443 Å². The Kier molecular flexibility index (Phi) is 34.1. The number of aliphatic carboxylic acids is 1. The molecule has 0 saturated carbocycles. The predicted molar refractivity (Wildman–Crippen MR) is 288 cm³/mol. The number of esters is 2. The number of carbonyl (C=O) groups is 6. The van der Waals surface area contributed by atoms with Crippen LogP contribution in [0.25, 0.3) is 0 Å². The average molecular weight is 1130 g/mol. The SMILES string of the molecule is CC(C)(C)OC(=O)C[C@H](C(=O)NCCN1CCOCC1)C(C)(C)C.CC(C)(C)OC(=O)C[C@H](C(=O)O)C(C)(C)C.CC(C)(C)[C@H](CC(N)=O)C(=O)NCCN1CCOCC1.NCCN1CCOCC1.[2H]CI. The summed E-state index contributed by atoms with van der Waals surface area (Å²) < 4.78 is 32.4. The van der Waals surface area contributed by atoms with Crippen molar-refractivity contribution in [3.8, 4) is 0 Å². The maximum absolute atomic E-state index is 12.6. The smallest absolute Gasteiger partial charge is 0.307 e. The van der Waals surface area contributed by atoms with Crippen LogP contribution in [0, 0.1) is 34.0 Å². The molecule has 0 aliphatic carbocycles. The Morgan fingerprint density at radius 1 is 0.563 bits per heavy atom. The molecule has 3 aliphatic heterocycles. The van der Waals surface area contributed by atoms with Crippen molar-refractivity contribution >= 4 is 58.2 Å². The van der Waals surface area contributed by atoms with Gasteiger partial charge in [0.2, 0.25) is 17.7 Å². The van der Waals surface area contributed by atoms with Crippen molar-refractivity contribution in [1.82, 2.24) is 25.3 Å². The fraction of sp³-hybridized carbons (Fsp3) is 0.882. The quantitative estimate of drug-likeness (QED) is 0.0758. The first-order valence-electron chi connectivity index (χ1n) is 25.7. The Balaban J connectivity index is 0. The fourth-order valence-corrected chi connectivity index (χ4v) is 7.23. The van der Waals surface area contributed by atoms with E-state index < -0.39 is 46.3 Å². The van der Waals surface area contributed by atoms with Gasteiger partial charge in [0.05, 0.1) is 70.2 Å². The molecular formula is C51H100IN7O12. The molecule has 3 amide bonds. The largest absolute Gasteiger partial charge is 0.481 e. The van der Waals surface area contributed by atoms with Gasteiger partial charge in [0.15, 0.2) is 0 Å². The van der Waals surface area contributed by atoms with E-state index in [2.05, 4.69) is 25.3 Å². The predicted octanol–water partition coefficient (Wildman–Crippen LogP) is 4.60. The van der Waals surface area contributed by atoms with Crippen LogP contribution in [0.1, 0.15) is 124 Å². The molecule has 71 heavy (non-hydrogen) atoms. The second-order valence-corrected chi connectivity index (χ2v) is 23.1. The van der Waals surface area contributed by atoms with Crippen LogP contribution in [-0.4, -0.2) is 190 Å². The van der Waals surface area contributed by atoms with Crippen LogP contribution in [0.3, 0.4) is 0 Å². The molecule has 20 heteroatoms. The van der Waals surface area contributed by atoms with Crippen LogP contribution in [-0.2, 0) is 52.5 Å². The highest BCUT2D eigenvalue weighted by Crippen LogP contribution is 2.31. The first kappa shape index (κ1) is 68.3. The number of morpholine rings is 3. The number of rotatable bonds is 17. The van der Waals surface area contributed by atoms with E-state index >= 15 is 0 Å². The second kappa shape index (κ2) is 35.5. The molecule has 0 aromatic carbocycles. The first-order chi connectivity index (χ1) is 33.1. The van der Waals surface area contributed by atoms with E-state index in [9.17, 15) is 28.8 Å². The number of ether oxygens (including phenoxy) is 5. The van der Waals surface area contributed by atoms with Gasteiger partial charge in [-0.05, 0) is 62.7 Å². The Hall–Kier alpha value is -2.73. The molecule has 3 heterocycles. The zero-order valence-electron chi connectivity index (χ0n) is 47.6. The maximum Gasteiger partial charge on any atom is 0.307 e. The molecular weight excluding hydrogens is 1030 g/mol. The van der Waals surface area contributed by atoms with Crippen molar-refractivity contribution in [2.75, 3.05) is 123 Å². The monoisotopic (exact) mass is 1130 g/mol. The molecule has 0 spiro atoms. The number of hydrogen-bond donors (Lipinski definition) is 5. The Morgan fingerprint density at radius 3 is 1.10 bits per heavy atom. The lowest BCUT2D eigenvalue weighted by molar-refractivity contribution is -0.162. The summed E-state index contributed by atoms with van der Waals surface area (Å²) in [6.07, 6.45) is 0.104. The van der Waals surface area contributed by atoms with Crippen LogP contribution < -0.4 is 22.1 Å². The summed E-state index contributed by atoms with van der Waals surface area (Å²) in [7, 11) is 0. The number of carboxylic acid groups (broad SMARTS) is 1. The van der Waals surface area contributed by atoms with E-state index in [0.29, 0.717) is 18.0 Å². The topological polar surface area (TPSA) is 255 Å². The molecule has 7 N–H and O–H groups in total. The van der Waals surface area contributed by atoms with Crippen LogP contribution in [0.5, 0.6) is 0 Å². The van der Waals surface area contributed by atoms with E-state index in [0.717, 1.165) is 105 Å². The number of nitrogens with one attached hydrogen (secondary N) is 2. The molecule has 0 unspecified atom stereocenters. The molecule has 3 saturated heterocycles. The van der Waals surface area contributed by atoms with Gasteiger partial charge in [-0.15, -0.1) is 0 Å². The zero-order chi connectivity index (χ0) is 55.9. The summed E-state index contributed by atoms with van der Waals surface area (Å²) in [5, 5.41) is 14.9. The van der Waals surface area contributed by atoms with Crippen molar-refractivity contribution in [1.29, 1.82) is 0 Å². The van der Waals surface area contributed by atoms with Gasteiger partial charge < -0.3 is 50.9 Å². The number of hydrogen-bond acceptors (Lipinski definition) is 15. The summed E-state index contributed by atoms with van der Waals surface area (Å²) in [5.74, 6) is -3.87. The van der Waals surface area contributed by atoms with Crippen LogP contribution in [0.15, 0.2) is 0 Å². The summed E-state index contributed by atoms with van der Waals surface area (Å²) in [6, 6.07) is 0. The standard InChI is InChI=1S/C18H34N2O4.C14H27N3O3.C12H22O4.C6H14N2O.CH3I/c1-17(2,3)14(13-15(21)24-18(4,5)6)16(22)19-7-8-20-9-11-23-12-10-20;1-14(2,3)11(10-12(15)18)13(19)16-4-5-17-6-8-20-9-7-17;1-11(2,3)8(10(14)15)7-9(13)16-12(4,5)6;7-1-2-8-3-5-9-6-4-8;1-2/h14H,7-13H2,1-6H3,(H,19,22);11H,4-10H2,1-3H3,(H2,15,18)(H,16,19);8H,7H2,1-6H3,(H,14,15);1-7H2;1H3/t14-;11-;8-;;/m111../s1/i;;;;1D. The van der Waals surface area contributed by atoms with E-state index in [4.69, 9.17) is 41.6 Å². The third-order valence-corrected chi connectivity index (χ3v) is 11.3. The molecule has 418 valence electrons. The lowest BCUT2D eigenvalue weighted by Crippen LogP contribution is -2.45. The Bertz CT molecular complexity index is 1540. The minimum Gasteiger partial charge on any atom is -0.481 e. The van der Waals surface area contributed by atoms with Gasteiger partial charge in [0.1, 0.15) is 11.2 Å². The Morgan fingerprint density at radius 2 is 0.845 bits per heavy atom. The van der Waals surface area contributed by atoms with E-state index in [1.165, 1.54) is 0 Å². The lowest BCUT2D eigenvalue weighted by Gasteiger charge is -2.31. The van der Waals surface area contributed by atoms with E-state index in [1.54, 1.807) is 41.5 Å². The highest BCUT2D eigenvalue weighted by atomic mass is 127. The van der Waals surface area contributed by atoms with Crippen molar-refractivity contribution in [2.45, 2.75) is 134 Å². The molecule has 0 bridgehead atoms. The van der Waals surface area contributed by atoms with Crippen LogP contribution >= 0.6 is 22.6 Å². The fourth-order valence-electron chi connectivity index (χ4n) is 7.23. The molecule has 3 fully saturated rings. The minimum atomic E-state index is -0.960. The third kappa shape index (κ3) is 36.8. The highest BCUT2D eigenvalue weighted by Gasteiger charge is 2.36. The average Bonchev–Trinajstić information content (AvgIpc) is 3.23. The number of primary amides is 1. The van der Waals surface area contributed by atoms with E-state index in [1.807, 2.05) is 84.9 Å². The normalized spacial score (nSPS) is 17.7. The number of alkyl halides is 1. The number of nitrogens with zero attached hydrogens (tertiary/aromatic N) is 3. The first-order valence-corrected chi connectivity index (χ1v) is 26.6. The maximum atomic E-state index is 12.6. The molecule has 19 nitrogen and oxygen atoms in total. The highest BCUT2D eigenvalue weighted by molar-refractivity contribution is 14.1. The lowest BCUT2D eigenvalue weighted by atomic mass is 9.78. The summed E-state index contributed by atoms with van der Waals surface area (Å²) in [4.78, 5) is 77.9. The van der Waals surface area contributed by atoms with Crippen LogP contribution in [0.2, 0.25) is 0 Å². The molecule has 3 aliphatic rings. The minimum absolute atomic E-state index is 0.0818. The molecule has 0 aromatic heterocycles. The van der Waals surface area contributed by atoms with Crippen molar-refractivity contribution in [3.63, 3.8) is 0 Å². The summed E-state index contributed by atoms with van der Waals surface area (Å²) in [5.41, 5.74) is 8.46. The second-order valence-electron chi connectivity index (χ2n) is 23.1. The molecule has 3 atom stereocenters. The number of carboxylic acids is 1. The molecule has 3 rings (SSSR count). The number of carbonyl (C=O) groups excluding carboxylic acids is 5. The zero-order valence-corrected chi connectivity index (χ0v) is 48.8. The summed E-state index contributed by atoms with van der Waals surface area (Å²) in [6.45, 7) is 43.0. The van der Waals surface area contributed by atoms with Gasteiger partial charge in [-0.1, -0.05) is 84.9 Å². The van der Waals surface area contributed by atoms with Gasteiger partial charge in [-0.3, -0.25) is 43.5 Å². The number of halogens is 1. The number of amides is 3. The molecule has 0 aromatic rings. The van der Waals surface area contributed by atoms with Crippen molar-refractivity contribution in [2.24, 2.45) is 45.5 Å².